The highest BCUT2D eigenvalue weighted by Crippen LogP contribution is 2.12. The Morgan fingerprint density at radius 2 is 1.43 bits per heavy atom. The highest BCUT2D eigenvalue weighted by molar-refractivity contribution is 5.84. The lowest BCUT2D eigenvalue weighted by Crippen LogP contribution is -2.62. The average Bonchev–Trinajstić information content (AvgIpc) is 2.25. The predicted molar refractivity (Wildman–Crippen MR) is 59.2 cm³/mol. The second-order valence-corrected chi connectivity index (χ2v) is 3.99. The molecule has 15 heteroatoms. The molecule has 0 saturated carbocycles. The van der Waals surface area contributed by atoms with E-state index in [1.165, 1.54) is 5.32 Å². The van der Waals surface area contributed by atoms with Gasteiger partial charge in [0.25, 0.3) is 5.91 Å². The topological polar surface area (TPSA) is 222 Å². The third-order valence-corrected chi connectivity index (χ3v) is 2.29. The maximum Gasteiger partial charge on any atom is 0.717 e. The van der Waals surface area contributed by atoms with Gasteiger partial charge in [0, 0.05) is 4.92 Å². The summed E-state index contributed by atoms with van der Waals surface area (Å²) < 4.78 is 0. The van der Waals surface area contributed by atoms with Gasteiger partial charge in [0.05, 0.1) is 0 Å². The first-order chi connectivity index (χ1) is 9.37. The number of carbonyl (C=O) groups is 1. The molecular weight excluding hydrogens is 302 g/mol. The van der Waals surface area contributed by atoms with Gasteiger partial charge in [0.1, 0.15) is 0 Å². The zero-order valence-corrected chi connectivity index (χ0v) is 10.3. The molecule has 1 atom stereocenters. The molecule has 0 spiro atoms. The molecule has 2 N–H and O–H groups in total. The highest BCUT2D eigenvalue weighted by atomic mass is 16.7. The minimum atomic E-state index is -3.96. The quantitative estimate of drug-likeness (QED) is 0.275. The average molecular weight is 311 g/mol. The summed E-state index contributed by atoms with van der Waals surface area (Å²) >= 11 is 0. The van der Waals surface area contributed by atoms with Gasteiger partial charge < -0.3 is 10.4 Å². The minimum Gasteiger partial charge on any atom is -0.375 e. The fourth-order valence-electron chi connectivity index (χ4n) is 1.11. The van der Waals surface area contributed by atoms with Crippen molar-refractivity contribution < 1.29 is 29.6 Å². The van der Waals surface area contributed by atoms with Gasteiger partial charge in [-0.2, -0.15) is 0 Å². The molecule has 0 fully saturated rings. The lowest BCUT2D eigenvalue weighted by Gasteiger charge is -2.17. The van der Waals surface area contributed by atoms with Crippen LogP contribution in [0.25, 0.3) is 0 Å². The highest BCUT2D eigenvalue weighted by Gasteiger charge is 2.70. The summed E-state index contributed by atoms with van der Waals surface area (Å²) in [6.07, 6.45) is 0. The normalized spacial score (nSPS) is 13.8. The smallest absolute Gasteiger partial charge is 0.375 e. The first-order valence-corrected chi connectivity index (χ1v) is 4.94. The van der Waals surface area contributed by atoms with E-state index in [0.29, 0.717) is 6.92 Å². The number of hydrogen-bond donors (Lipinski definition) is 2. The van der Waals surface area contributed by atoms with Crippen LogP contribution in [0.4, 0.5) is 0 Å². The van der Waals surface area contributed by atoms with E-state index in [9.17, 15) is 50.4 Å². The van der Waals surface area contributed by atoms with Crippen molar-refractivity contribution in [2.45, 2.75) is 18.3 Å². The molecule has 0 bridgehead atoms. The van der Waals surface area contributed by atoms with Crippen LogP contribution in [-0.2, 0) is 4.79 Å². The predicted octanol–water partition coefficient (Wildman–Crippen LogP) is -2.39. The Morgan fingerprint density at radius 3 is 1.71 bits per heavy atom. The van der Waals surface area contributed by atoms with E-state index in [-0.39, 0.29) is 0 Å². The zero-order chi connectivity index (χ0) is 17.0. The van der Waals surface area contributed by atoms with Crippen LogP contribution in [0.1, 0.15) is 6.92 Å². The molecule has 0 aliphatic rings. The van der Waals surface area contributed by atoms with Crippen LogP contribution in [0.3, 0.4) is 0 Å². The lowest BCUT2D eigenvalue weighted by molar-refractivity contribution is -0.966. The molecule has 0 heterocycles. The third-order valence-electron chi connectivity index (χ3n) is 2.29. The second kappa shape index (κ2) is 5.99. The Bertz CT molecular complexity index is 464. The van der Waals surface area contributed by atoms with Crippen molar-refractivity contribution in [1.29, 1.82) is 0 Å². The van der Waals surface area contributed by atoms with Crippen LogP contribution in [-0.4, -0.2) is 55.2 Å². The van der Waals surface area contributed by atoms with E-state index >= 15 is 0 Å². The molecule has 1 amide bonds. The first kappa shape index (κ1) is 18.0. The van der Waals surface area contributed by atoms with E-state index in [2.05, 4.69) is 0 Å². The molecule has 0 aromatic carbocycles. The van der Waals surface area contributed by atoms with Crippen molar-refractivity contribution in [2.24, 2.45) is 0 Å². The standard InChI is InChI=1S/C6H9N5O10/c1-5(13,3-8(14)15)4(12)7-2-6(9(16)17,10(18)19)11(20)21/h13H,2-3H2,1H3,(H,7,12). The van der Waals surface area contributed by atoms with Crippen LogP contribution in [0.5, 0.6) is 0 Å². The summed E-state index contributed by atoms with van der Waals surface area (Å²) in [4.78, 5) is 46.6. The molecule has 0 saturated heterocycles. The Balaban J connectivity index is 5.22. The van der Waals surface area contributed by atoms with Gasteiger partial charge in [-0.05, 0) is 6.92 Å². The van der Waals surface area contributed by atoms with Crippen LogP contribution >= 0.6 is 0 Å². The number of aliphatic hydroxyl groups is 1. The fourth-order valence-corrected chi connectivity index (χ4v) is 1.11. The molecule has 118 valence electrons. The Hall–Kier alpha value is -2.97. The Kier molecular flexibility index (Phi) is 5.14. The number of hydrogen-bond acceptors (Lipinski definition) is 10. The summed E-state index contributed by atoms with van der Waals surface area (Å²) in [5, 5.41) is 52.6. The van der Waals surface area contributed by atoms with Gasteiger partial charge in [0.2, 0.25) is 18.7 Å². The van der Waals surface area contributed by atoms with E-state index in [1.54, 1.807) is 0 Å². The summed E-state index contributed by atoms with van der Waals surface area (Å²) in [5.41, 5.74) is -2.65. The number of rotatable bonds is 8. The van der Waals surface area contributed by atoms with Gasteiger partial charge in [-0.3, -0.25) is 45.3 Å². The number of amides is 1. The first-order valence-electron chi connectivity index (χ1n) is 4.94. The fraction of sp³-hybridized carbons (Fsp3) is 0.833. The molecule has 0 aromatic rings. The van der Waals surface area contributed by atoms with Crippen molar-refractivity contribution in [2.75, 3.05) is 13.1 Å². The zero-order valence-electron chi connectivity index (χ0n) is 10.3. The third kappa shape index (κ3) is 3.75. The molecular formula is C6H9N5O10. The van der Waals surface area contributed by atoms with E-state index in [1.807, 2.05) is 0 Å². The largest absolute Gasteiger partial charge is 0.717 e. The van der Waals surface area contributed by atoms with Crippen molar-refractivity contribution in [1.82, 2.24) is 5.32 Å². The van der Waals surface area contributed by atoms with Crippen molar-refractivity contribution in [3.05, 3.63) is 40.5 Å². The van der Waals surface area contributed by atoms with Gasteiger partial charge in [0.15, 0.2) is 14.8 Å². The van der Waals surface area contributed by atoms with Crippen LogP contribution in [0.15, 0.2) is 0 Å². The molecule has 21 heavy (non-hydrogen) atoms. The summed E-state index contributed by atoms with van der Waals surface area (Å²) in [7, 11) is 0. The summed E-state index contributed by atoms with van der Waals surface area (Å²) in [5.74, 6) is -5.56. The van der Waals surface area contributed by atoms with Gasteiger partial charge in [-0.25, -0.2) is 0 Å². The van der Waals surface area contributed by atoms with E-state index in [0.717, 1.165) is 0 Å². The number of nitro groups is 4. The summed E-state index contributed by atoms with van der Waals surface area (Å²) in [6, 6.07) is 0. The van der Waals surface area contributed by atoms with Crippen molar-refractivity contribution >= 4 is 5.91 Å². The van der Waals surface area contributed by atoms with Gasteiger partial charge in [-0.1, -0.05) is 0 Å². The van der Waals surface area contributed by atoms with Crippen LogP contribution in [0.2, 0.25) is 0 Å². The Labute approximate surface area is 114 Å². The molecule has 0 radical (unpaired) electrons. The monoisotopic (exact) mass is 311 g/mol. The molecule has 0 rings (SSSR count). The Morgan fingerprint density at radius 1 is 1.05 bits per heavy atom. The lowest BCUT2D eigenvalue weighted by atomic mass is 10.1. The van der Waals surface area contributed by atoms with E-state index in [4.69, 9.17) is 0 Å². The molecule has 0 aromatic heterocycles. The maximum atomic E-state index is 11.4. The molecule has 0 aliphatic heterocycles. The second-order valence-electron chi connectivity index (χ2n) is 3.99. The number of nitrogens with zero attached hydrogens (tertiary/aromatic N) is 4. The van der Waals surface area contributed by atoms with Crippen LogP contribution < -0.4 is 5.32 Å². The molecule has 0 aliphatic carbocycles. The molecule has 1 unspecified atom stereocenters. The number of nitrogens with one attached hydrogen (secondary N) is 1. The van der Waals surface area contributed by atoms with Gasteiger partial charge in [-0.15, -0.1) is 0 Å². The minimum absolute atomic E-state index is 0.664. The van der Waals surface area contributed by atoms with E-state index < -0.39 is 50.1 Å². The van der Waals surface area contributed by atoms with Crippen LogP contribution in [0, 0.1) is 40.5 Å². The summed E-state index contributed by atoms with van der Waals surface area (Å²) in [6.45, 7) is -2.34. The van der Waals surface area contributed by atoms with Gasteiger partial charge >= 0.3 is 5.79 Å². The molecule has 15 nitrogen and oxygen atoms in total. The van der Waals surface area contributed by atoms with Crippen molar-refractivity contribution in [3.8, 4) is 0 Å². The number of carbonyl (C=O) groups excluding carboxylic acids is 1. The van der Waals surface area contributed by atoms with Crippen molar-refractivity contribution in [3.63, 3.8) is 0 Å². The maximum absolute atomic E-state index is 11.4. The SMILES string of the molecule is CC(O)(C[N+](=O)[O-])C(=O)NCC([N+](=O)[O-])([N+](=O)[O-])[N+](=O)[O-].